The van der Waals surface area contributed by atoms with Gasteiger partial charge in [-0.2, -0.15) is 9.78 Å². The molecule has 0 bridgehead atoms. The average molecular weight is 498 g/mol. The highest BCUT2D eigenvalue weighted by Crippen LogP contribution is 2.28. The number of nitrogens with zero attached hydrogens (tertiary/aromatic N) is 3. The number of halogens is 1. The van der Waals surface area contributed by atoms with Crippen LogP contribution in [0.15, 0.2) is 54.6 Å². The molecule has 6 nitrogen and oxygen atoms in total. The van der Waals surface area contributed by atoms with Crippen molar-refractivity contribution in [1.82, 2.24) is 14.8 Å². The molecule has 0 unspecified atom stereocenters. The number of methoxy groups -OCH3 is 1. The lowest BCUT2D eigenvalue weighted by Gasteiger charge is -2.12. The van der Waals surface area contributed by atoms with Crippen LogP contribution in [0.1, 0.15) is 21.6 Å². The summed E-state index contributed by atoms with van der Waals surface area (Å²) in [5, 5.41) is 8.53. The number of hydrogen-bond acceptors (Lipinski definition) is 4. The number of benzene rings is 2. The Morgan fingerprint density at radius 1 is 1.10 bits per heavy atom. The zero-order valence-corrected chi connectivity index (χ0v) is 18.4. The van der Waals surface area contributed by atoms with Gasteiger partial charge in [-0.1, -0.05) is 24.3 Å². The fourth-order valence-electron chi connectivity index (χ4n) is 3.24. The molecular formula is C22H19IN4O2. The number of carbonyl (C=O) groups is 1. The number of ether oxygens (including phenoxy) is 1. The molecular weight excluding hydrogens is 479 g/mol. The van der Waals surface area contributed by atoms with E-state index < -0.39 is 0 Å². The standard InChI is InChI=1S/C22H19IN4O2/c1-13-11-19(24-21-15(13)8-6-10-18(21)29-3)27-20(12-14(2)26-27)25-22(28)16-7-4-5-9-17(16)23/h4-12H,1-3H3,(H,25,28). The van der Waals surface area contributed by atoms with Gasteiger partial charge in [0.2, 0.25) is 0 Å². The second-order valence-corrected chi connectivity index (χ2v) is 7.83. The van der Waals surface area contributed by atoms with E-state index >= 15 is 0 Å². The highest BCUT2D eigenvalue weighted by atomic mass is 127. The highest BCUT2D eigenvalue weighted by molar-refractivity contribution is 14.1. The summed E-state index contributed by atoms with van der Waals surface area (Å²) in [6, 6.07) is 17.1. The second kappa shape index (κ2) is 7.82. The van der Waals surface area contributed by atoms with Gasteiger partial charge in [0.15, 0.2) is 5.82 Å². The molecule has 0 atom stereocenters. The number of carbonyl (C=O) groups excluding carboxylic acids is 1. The Hall–Kier alpha value is -2.94. The van der Waals surface area contributed by atoms with Crippen molar-refractivity contribution in [3.05, 3.63) is 75.0 Å². The van der Waals surface area contributed by atoms with E-state index in [9.17, 15) is 4.79 Å². The molecule has 7 heteroatoms. The van der Waals surface area contributed by atoms with E-state index in [1.807, 2.05) is 62.4 Å². The van der Waals surface area contributed by atoms with Crippen molar-refractivity contribution in [3.63, 3.8) is 0 Å². The minimum Gasteiger partial charge on any atom is -0.494 e. The first-order chi connectivity index (χ1) is 14.0. The Morgan fingerprint density at radius 2 is 1.90 bits per heavy atom. The first kappa shape index (κ1) is 19.4. The number of aryl methyl sites for hydroxylation is 2. The largest absolute Gasteiger partial charge is 0.494 e. The lowest BCUT2D eigenvalue weighted by Crippen LogP contribution is -2.16. The van der Waals surface area contributed by atoms with E-state index in [-0.39, 0.29) is 5.91 Å². The number of pyridine rings is 1. The fraction of sp³-hybridized carbons (Fsp3) is 0.136. The van der Waals surface area contributed by atoms with Crippen molar-refractivity contribution in [2.75, 3.05) is 12.4 Å². The molecule has 146 valence electrons. The van der Waals surface area contributed by atoms with Gasteiger partial charge in [0, 0.05) is 15.0 Å². The number of rotatable bonds is 4. The van der Waals surface area contributed by atoms with Gasteiger partial charge in [0.1, 0.15) is 17.1 Å². The van der Waals surface area contributed by atoms with Crippen molar-refractivity contribution in [1.29, 1.82) is 0 Å². The summed E-state index contributed by atoms with van der Waals surface area (Å²) in [5.74, 6) is 1.69. The summed E-state index contributed by atoms with van der Waals surface area (Å²) in [7, 11) is 1.63. The smallest absolute Gasteiger partial charge is 0.257 e. The van der Waals surface area contributed by atoms with Gasteiger partial charge >= 0.3 is 0 Å². The molecule has 0 radical (unpaired) electrons. The van der Waals surface area contributed by atoms with Gasteiger partial charge in [-0.15, -0.1) is 0 Å². The van der Waals surface area contributed by atoms with E-state index in [1.54, 1.807) is 17.9 Å². The number of aromatic nitrogens is 3. The second-order valence-electron chi connectivity index (χ2n) is 6.67. The third-order valence-electron chi connectivity index (χ3n) is 4.62. The molecule has 1 amide bonds. The number of amides is 1. The Balaban J connectivity index is 1.79. The van der Waals surface area contributed by atoms with Crippen molar-refractivity contribution in [2.24, 2.45) is 0 Å². The molecule has 2 aromatic heterocycles. The first-order valence-corrected chi connectivity index (χ1v) is 10.1. The number of nitrogens with one attached hydrogen (secondary N) is 1. The van der Waals surface area contributed by atoms with Crippen molar-refractivity contribution in [2.45, 2.75) is 13.8 Å². The summed E-state index contributed by atoms with van der Waals surface area (Å²) in [6.07, 6.45) is 0. The monoisotopic (exact) mass is 498 g/mol. The van der Waals surface area contributed by atoms with E-state index in [2.05, 4.69) is 33.0 Å². The zero-order valence-electron chi connectivity index (χ0n) is 16.2. The van der Waals surface area contributed by atoms with Crippen LogP contribution < -0.4 is 10.1 Å². The Bertz CT molecular complexity index is 1230. The summed E-state index contributed by atoms with van der Waals surface area (Å²) in [4.78, 5) is 17.6. The predicted octanol–water partition coefficient (Wildman–Crippen LogP) is 4.90. The van der Waals surface area contributed by atoms with Crippen LogP contribution in [-0.4, -0.2) is 27.8 Å². The van der Waals surface area contributed by atoms with Crippen LogP contribution in [0.3, 0.4) is 0 Å². The zero-order chi connectivity index (χ0) is 20.5. The maximum absolute atomic E-state index is 12.8. The van der Waals surface area contributed by atoms with Crippen molar-refractivity contribution >= 4 is 45.2 Å². The maximum Gasteiger partial charge on any atom is 0.257 e. The molecule has 0 aliphatic rings. The van der Waals surface area contributed by atoms with E-state index in [0.29, 0.717) is 22.9 Å². The number of fused-ring (bicyclic) bond motifs is 1. The molecule has 0 aliphatic carbocycles. The Labute approximate surface area is 182 Å². The maximum atomic E-state index is 12.8. The van der Waals surface area contributed by atoms with Crippen LogP contribution >= 0.6 is 22.6 Å². The van der Waals surface area contributed by atoms with E-state index in [0.717, 1.165) is 25.7 Å². The Kier molecular flexibility index (Phi) is 5.23. The SMILES string of the molecule is COc1cccc2c(C)cc(-n3nc(C)cc3NC(=O)c3ccccc3I)nc12. The van der Waals surface area contributed by atoms with Gasteiger partial charge in [-0.25, -0.2) is 4.98 Å². The number of para-hydroxylation sites is 1. The molecule has 2 heterocycles. The molecule has 2 aromatic carbocycles. The van der Waals surface area contributed by atoms with Gasteiger partial charge < -0.3 is 10.1 Å². The average Bonchev–Trinajstić information content (AvgIpc) is 3.07. The van der Waals surface area contributed by atoms with Gasteiger partial charge in [-0.05, 0) is 66.3 Å². The molecule has 4 rings (SSSR count). The molecule has 0 spiro atoms. The first-order valence-electron chi connectivity index (χ1n) is 9.05. The highest BCUT2D eigenvalue weighted by Gasteiger charge is 2.16. The fourth-order valence-corrected chi connectivity index (χ4v) is 3.87. The van der Waals surface area contributed by atoms with Crippen LogP contribution in [0.4, 0.5) is 5.82 Å². The number of hydrogen-bond donors (Lipinski definition) is 1. The lowest BCUT2D eigenvalue weighted by atomic mass is 10.1. The molecule has 29 heavy (non-hydrogen) atoms. The minimum absolute atomic E-state index is 0.189. The normalized spacial score (nSPS) is 10.9. The molecule has 0 saturated carbocycles. The quantitative estimate of drug-likeness (QED) is 0.407. The van der Waals surface area contributed by atoms with E-state index in [4.69, 9.17) is 9.72 Å². The molecule has 0 aliphatic heterocycles. The summed E-state index contributed by atoms with van der Waals surface area (Å²) >= 11 is 2.16. The van der Waals surface area contributed by atoms with E-state index in [1.165, 1.54) is 0 Å². The molecule has 0 fully saturated rings. The van der Waals surface area contributed by atoms with Crippen LogP contribution in [0.25, 0.3) is 16.7 Å². The van der Waals surface area contributed by atoms with Gasteiger partial charge in [-0.3, -0.25) is 4.79 Å². The summed E-state index contributed by atoms with van der Waals surface area (Å²) < 4.78 is 8.02. The summed E-state index contributed by atoms with van der Waals surface area (Å²) in [5.41, 5.74) is 3.20. The third kappa shape index (κ3) is 3.69. The van der Waals surface area contributed by atoms with Crippen molar-refractivity contribution in [3.8, 4) is 11.6 Å². The van der Waals surface area contributed by atoms with Gasteiger partial charge in [0.05, 0.1) is 18.4 Å². The lowest BCUT2D eigenvalue weighted by molar-refractivity contribution is 0.102. The van der Waals surface area contributed by atoms with Gasteiger partial charge in [0.25, 0.3) is 5.91 Å². The predicted molar refractivity (Wildman–Crippen MR) is 122 cm³/mol. The minimum atomic E-state index is -0.189. The third-order valence-corrected chi connectivity index (χ3v) is 5.57. The van der Waals surface area contributed by atoms with Crippen LogP contribution in [0.2, 0.25) is 0 Å². The van der Waals surface area contributed by atoms with Crippen LogP contribution in [-0.2, 0) is 0 Å². The number of anilines is 1. The molecule has 0 saturated heterocycles. The Morgan fingerprint density at radius 3 is 2.66 bits per heavy atom. The molecule has 1 N–H and O–H groups in total. The van der Waals surface area contributed by atoms with Crippen molar-refractivity contribution < 1.29 is 9.53 Å². The van der Waals surface area contributed by atoms with Crippen LogP contribution in [0.5, 0.6) is 5.75 Å². The molecule has 4 aromatic rings. The van der Waals surface area contributed by atoms with Crippen LogP contribution in [0, 0.1) is 17.4 Å². The summed E-state index contributed by atoms with van der Waals surface area (Å²) in [6.45, 7) is 3.90. The topological polar surface area (TPSA) is 69.0 Å².